The zero-order chi connectivity index (χ0) is 14.1. The molecule has 0 N–H and O–H groups in total. The minimum Gasteiger partial charge on any atom is -0.292 e. The molecule has 0 unspecified atom stereocenters. The molecular formula is C15H14N4O. The van der Waals surface area contributed by atoms with Crippen LogP contribution in [0.25, 0.3) is 11.0 Å². The van der Waals surface area contributed by atoms with Gasteiger partial charge in [-0.3, -0.25) is 14.5 Å². The van der Waals surface area contributed by atoms with Gasteiger partial charge in [-0.15, -0.1) is 0 Å². The van der Waals surface area contributed by atoms with Crippen molar-refractivity contribution < 1.29 is 4.79 Å². The Morgan fingerprint density at radius 1 is 1.25 bits per heavy atom. The Morgan fingerprint density at radius 2 is 2.00 bits per heavy atom. The molecule has 0 atom stereocenters. The number of rotatable bonds is 3. The maximum atomic E-state index is 12.3. The highest BCUT2D eigenvalue weighted by Crippen LogP contribution is 2.11. The molecule has 0 aliphatic heterocycles. The molecule has 0 bridgehead atoms. The Morgan fingerprint density at radius 3 is 2.70 bits per heavy atom. The van der Waals surface area contributed by atoms with Gasteiger partial charge < -0.3 is 0 Å². The van der Waals surface area contributed by atoms with Crippen molar-refractivity contribution in [2.75, 3.05) is 0 Å². The lowest BCUT2D eigenvalue weighted by atomic mass is 10.1. The number of hydrogen-bond acceptors (Lipinski definition) is 4. The summed E-state index contributed by atoms with van der Waals surface area (Å²) in [6.45, 7) is 1.91. The molecule has 0 amide bonds. The molecule has 2 aromatic heterocycles. The predicted octanol–water partition coefficient (Wildman–Crippen LogP) is 2.10. The number of benzene rings is 1. The number of carbonyl (C=O) groups excluding carboxylic acids is 1. The summed E-state index contributed by atoms with van der Waals surface area (Å²) in [5.74, 6) is -0.0498. The van der Waals surface area contributed by atoms with E-state index in [0.29, 0.717) is 5.69 Å². The first-order valence-electron chi connectivity index (χ1n) is 6.38. The van der Waals surface area contributed by atoms with Gasteiger partial charge in [0.2, 0.25) is 0 Å². The van der Waals surface area contributed by atoms with Crippen LogP contribution in [0.4, 0.5) is 0 Å². The van der Waals surface area contributed by atoms with Gasteiger partial charge in [-0.1, -0.05) is 12.1 Å². The predicted molar refractivity (Wildman–Crippen MR) is 75.5 cm³/mol. The van der Waals surface area contributed by atoms with Crippen molar-refractivity contribution in [1.29, 1.82) is 0 Å². The highest BCUT2D eigenvalue weighted by atomic mass is 16.1. The van der Waals surface area contributed by atoms with Crippen LogP contribution in [0, 0.1) is 6.92 Å². The van der Waals surface area contributed by atoms with E-state index in [2.05, 4.69) is 15.1 Å². The van der Waals surface area contributed by atoms with Crippen LogP contribution in [-0.4, -0.2) is 25.5 Å². The SMILES string of the molecule is Cc1cc(CC(=O)c2cnc3ccccc3n2)n(C)n1. The standard InChI is InChI=1S/C15H14N4O/c1-10-7-11(19(2)18-10)8-15(20)14-9-16-12-5-3-4-6-13(12)17-14/h3-7,9H,8H2,1-2H3. The number of aromatic nitrogens is 4. The Hall–Kier alpha value is -2.56. The average molecular weight is 266 g/mol. The first kappa shape index (κ1) is 12.5. The maximum Gasteiger partial charge on any atom is 0.188 e. The fourth-order valence-corrected chi connectivity index (χ4v) is 2.18. The summed E-state index contributed by atoms with van der Waals surface area (Å²) in [6, 6.07) is 9.42. The van der Waals surface area contributed by atoms with E-state index in [4.69, 9.17) is 0 Å². The topological polar surface area (TPSA) is 60.7 Å². The minimum atomic E-state index is -0.0498. The number of Topliss-reactive ketones (excluding diaryl/α,β-unsaturated/α-hetero) is 1. The van der Waals surface area contributed by atoms with E-state index in [-0.39, 0.29) is 12.2 Å². The summed E-state index contributed by atoms with van der Waals surface area (Å²) in [4.78, 5) is 20.9. The zero-order valence-electron chi connectivity index (χ0n) is 11.4. The van der Waals surface area contributed by atoms with E-state index in [1.54, 1.807) is 4.68 Å². The highest BCUT2D eigenvalue weighted by Gasteiger charge is 2.13. The first-order valence-corrected chi connectivity index (χ1v) is 6.38. The van der Waals surface area contributed by atoms with E-state index in [9.17, 15) is 4.79 Å². The maximum absolute atomic E-state index is 12.3. The number of carbonyl (C=O) groups is 1. The molecule has 5 nitrogen and oxygen atoms in total. The van der Waals surface area contributed by atoms with Crippen molar-refractivity contribution in [3.63, 3.8) is 0 Å². The minimum absolute atomic E-state index is 0.0498. The summed E-state index contributed by atoms with van der Waals surface area (Å²) in [6.07, 6.45) is 1.82. The molecule has 2 heterocycles. The molecular weight excluding hydrogens is 252 g/mol. The van der Waals surface area contributed by atoms with Crippen molar-refractivity contribution in [3.05, 3.63) is 53.6 Å². The smallest absolute Gasteiger partial charge is 0.188 e. The molecule has 0 radical (unpaired) electrons. The molecule has 0 aliphatic carbocycles. The summed E-state index contributed by atoms with van der Waals surface area (Å²) < 4.78 is 1.72. The van der Waals surface area contributed by atoms with Gasteiger partial charge in [0.15, 0.2) is 5.78 Å². The average Bonchev–Trinajstić information content (AvgIpc) is 2.76. The van der Waals surface area contributed by atoms with E-state index < -0.39 is 0 Å². The largest absolute Gasteiger partial charge is 0.292 e. The zero-order valence-corrected chi connectivity index (χ0v) is 11.4. The molecule has 5 heteroatoms. The van der Waals surface area contributed by atoms with Crippen molar-refractivity contribution in [1.82, 2.24) is 19.7 Å². The Labute approximate surface area is 116 Å². The van der Waals surface area contributed by atoms with Crippen LogP contribution >= 0.6 is 0 Å². The van der Waals surface area contributed by atoms with Crippen LogP contribution in [0.15, 0.2) is 36.5 Å². The van der Waals surface area contributed by atoms with Gasteiger partial charge in [0.1, 0.15) is 5.69 Å². The van der Waals surface area contributed by atoms with E-state index in [0.717, 1.165) is 22.4 Å². The van der Waals surface area contributed by atoms with E-state index in [1.165, 1.54) is 6.20 Å². The lowest BCUT2D eigenvalue weighted by Gasteiger charge is -2.02. The molecule has 0 fully saturated rings. The molecule has 0 saturated heterocycles. The summed E-state index contributed by atoms with van der Waals surface area (Å²) in [5.41, 5.74) is 3.70. The van der Waals surface area contributed by atoms with Crippen LogP contribution in [0.5, 0.6) is 0 Å². The number of nitrogens with zero attached hydrogens (tertiary/aromatic N) is 4. The third kappa shape index (κ3) is 2.30. The molecule has 0 spiro atoms. The molecule has 20 heavy (non-hydrogen) atoms. The van der Waals surface area contributed by atoms with Gasteiger partial charge in [0.05, 0.1) is 29.3 Å². The van der Waals surface area contributed by atoms with Gasteiger partial charge in [-0.25, -0.2) is 4.98 Å². The van der Waals surface area contributed by atoms with Gasteiger partial charge in [-0.2, -0.15) is 5.10 Å². The third-order valence-electron chi connectivity index (χ3n) is 3.17. The molecule has 0 saturated carbocycles. The Balaban J connectivity index is 1.90. The van der Waals surface area contributed by atoms with Crippen LogP contribution in [0.3, 0.4) is 0 Å². The van der Waals surface area contributed by atoms with E-state index in [1.807, 2.05) is 44.3 Å². The fraction of sp³-hybridized carbons (Fsp3) is 0.200. The normalized spacial score (nSPS) is 10.9. The van der Waals surface area contributed by atoms with Gasteiger partial charge in [-0.05, 0) is 25.1 Å². The second-order valence-corrected chi connectivity index (χ2v) is 4.74. The van der Waals surface area contributed by atoms with Crippen molar-refractivity contribution in [2.24, 2.45) is 7.05 Å². The number of para-hydroxylation sites is 2. The quantitative estimate of drug-likeness (QED) is 0.681. The van der Waals surface area contributed by atoms with Crippen molar-refractivity contribution in [2.45, 2.75) is 13.3 Å². The Kier molecular flexibility index (Phi) is 3.02. The summed E-state index contributed by atoms with van der Waals surface area (Å²) >= 11 is 0. The number of fused-ring (bicyclic) bond motifs is 1. The third-order valence-corrected chi connectivity index (χ3v) is 3.17. The number of ketones is 1. The van der Waals surface area contributed by atoms with Gasteiger partial charge >= 0.3 is 0 Å². The van der Waals surface area contributed by atoms with Crippen molar-refractivity contribution >= 4 is 16.8 Å². The second kappa shape index (κ2) is 4.85. The van der Waals surface area contributed by atoms with Crippen LogP contribution < -0.4 is 0 Å². The molecule has 3 aromatic rings. The summed E-state index contributed by atoms with van der Waals surface area (Å²) in [7, 11) is 1.84. The lowest BCUT2D eigenvalue weighted by molar-refractivity contribution is 0.0986. The number of hydrogen-bond donors (Lipinski definition) is 0. The van der Waals surface area contributed by atoms with Crippen LogP contribution in [-0.2, 0) is 13.5 Å². The molecule has 3 rings (SSSR count). The highest BCUT2D eigenvalue weighted by molar-refractivity contribution is 5.96. The fourth-order valence-electron chi connectivity index (χ4n) is 2.18. The lowest BCUT2D eigenvalue weighted by Crippen LogP contribution is -2.10. The van der Waals surface area contributed by atoms with Crippen molar-refractivity contribution in [3.8, 4) is 0 Å². The first-order chi connectivity index (χ1) is 9.63. The van der Waals surface area contributed by atoms with Gasteiger partial charge in [0.25, 0.3) is 0 Å². The Bertz CT molecular complexity index is 791. The van der Waals surface area contributed by atoms with Crippen LogP contribution in [0.2, 0.25) is 0 Å². The van der Waals surface area contributed by atoms with Crippen LogP contribution in [0.1, 0.15) is 21.9 Å². The molecule has 1 aromatic carbocycles. The van der Waals surface area contributed by atoms with Gasteiger partial charge in [0, 0.05) is 12.7 Å². The summed E-state index contributed by atoms with van der Waals surface area (Å²) in [5, 5.41) is 4.24. The molecule has 100 valence electrons. The second-order valence-electron chi connectivity index (χ2n) is 4.74. The number of aryl methyl sites for hydroxylation is 2. The van der Waals surface area contributed by atoms with E-state index >= 15 is 0 Å². The molecule has 0 aliphatic rings. The monoisotopic (exact) mass is 266 g/mol.